The zero-order valence-corrected chi connectivity index (χ0v) is 12.8. The number of aromatic nitrogens is 2. The first-order chi connectivity index (χ1) is 11.8. The van der Waals surface area contributed by atoms with Gasteiger partial charge in [0.1, 0.15) is 11.5 Å². The molecule has 0 atom stereocenters. The number of nitrogens with one attached hydrogen (secondary N) is 1. The molecular formula is C17H13F3N4O. The van der Waals surface area contributed by atoms with E-state index >= 15 is 0 Å². The lowest BCUT2D eigenvalue weighted by molar-refractivity contribution is -0.141. The van der Waals surface area contributed by atoms with Crippen molar-refractivity contribution in [3.63, 3.8) is 0 Å². The van der Waals surface area contributed by atoms with Gasteiger partial charge in [-0.05, 0) is 29.8 Å². The number of nitrogens with zero attached hydrogens (tertiary/aromatic N) is 2. The van der Waals surface area contributed by atoms with Crippen LogP contribution in [0.2, 0.25) is 0 Å². The van der Waals surface area contributed by atoms with E-state index in [-0.39, 0.29) is 23.5 Å². The smallest absolute Gasteiger partial charge is 0.383 e. The Bertz CT molecular complexity index is 941. The highest BCUT2D eigenvalue weighted by atomic mass is 19.4. The normalized spacial score (nSPS) is 11.5. The number of carbonyl (C=O) groups is 1. The molecule has 0 fully saturated rings. The second-order valence-electron chi connectivity index (χ2n) is 5.34. The second kappa shape index (κ2) is 6.39. The molecule has 5 nitrogen and oxygen atoms in total. The number of hydrogen-bond donors (Lipinski definition) is 2. The lowest BCUT2D eigenvalue weighted by Gasteiger charge is -2.10. The number of alkyl halides is 3. The monoisotopic (exact) mass is 346 g/mol. The van der Waals surface area contributed by atoms with Crippen molar-refractivity contribution in [2.75, 3.05) is 5.73 Å². The molecule has 0 spiro atoms. The van der Waals surface area contributed by atoms with Crippen LogP contribution in [0.3, 0.4) is 0 Å². The molecule has 1 aromatic carbocycles. The fraction of sp³-hybridized carbons (Fsp3) is 0.118. The van der Waals surface area contributed by atoms with Crippen LogP contribution in [0.5, 0.6) is 0 Å². The second-order valence-corrected chi connectivity index (χ2v) is 5.34. The van der Waals surface area contributed by atoms with Gasteiger partial charge in [-0.1, -0.05) is 18.2 Å². The van der Waals surface area contributed by atoms with Crippen LogP contribution in [0.25, 0.3) is 10.9 Å². The Morgan fingerprint density at radius 1 is 1.16 bits per heavy atom. The Hall–Kier alpha value is -3.16. The van der Waals surface area contributed by atoms with Crippen LogP contribution in [-0.2, 0) is 12.7 Å². The van der Waals surface area contributed by atoms with Crippen molar-refractivity contribution in [2.45, 2.75) is 12.7 Å². The van der Waals surface area contributed by atoms with Crippen LogP contribution in [-0.4, -0.2) is 15.9 Å². The molecule has 1 amide bonds. The fourth-order valence-corrected chi connectivity index (χ4v) is 2.33. The van der Waals surface area contributed by atoms with Gasteiger partial charge in [-0.15, -0.1) is 0 Å². The summed E-state index contributed by atoms with van der Waals surface area (Å²) >= 11 is 0. The highest BCUT2D eigenvalue weighted by Crippen LogP contribution is 2.27. The van der Waals surface area contributed by atoms with Crippen LogP contribution >= 0.6 is 0 Å². The van der Waals surface area contributed by atoms with Crippen LogP contribution in [0.4, 0.5) is 19.0 Å². The number of nitrogen functional groups attached to an aromatic ring is 1. The predicted molar refractivity (Wildman–Crippen MR) is 86.6 cm³/mol. The minimum absolute atomic E-state index is 0.0573. The minimum atomic E-state index is -4.54. The first-order valence-electron chi connectivity index (χ1n) is 7.30. The fourth-order valence-electron chi connectivity index (χ4n) is 2.33. The first kappa shape index (κ1) is 16.7. The van der Waals surface area contributed by atoms with Gasteiger partial charge in [0.2, 0.25) is 0 Å². The van der Waals surface area contributed by atoms with Gasteiger partial charge >= 0.3 is 6.18 Å². The predicted octanol–water partition coefficient (Wildman–Crippen LogP) is 3.16. The Labute approximate surface area is 140 Å². The van der Waals surface area contributed by atoms with Gasteiger partial charge in [0.25, 0.3) is 5.91 Å². The lowest BCUT2D eigenvalue weighted by Crippen LogP contribution is -2.24. The van der Waals surface area contributed by atoms with Crippen molar-refractivity contribution in [3.8, 4) is 0 Å². The van der Waals surface area contributed by atoms with E-state index in [1.807, 2.05) is 0 Å². The summed E-state index contributed by atoms with van der Waals surface area (Å²) in [5, 5.41) is 3.29. The van der Waals surface area contributed by atoms with Gasteiger partial charge in [-0.2, -0.15) is 13.2 Å². The third-order valence-corrected chi connectivity index (χ3v) is 3.57. The molecule has 8 heteroatoms. The van der Waals surface area contributed by atoms with E-state index in [1.54, 1.807) is 30.3 Å². The van der Waals surface area contributed by atoms with E-state index in [2.05, 4.69) is 15.3 Å². The molecule has 0 saturated heterocycles. The zero-order valence-electron chi connectivity index (χ0n) is 12.8. The molecule has 3 aromatic rings. The molecule has 0 aliphatic carbocycles. The van der Waals surface area contributed by atoms with Gasteiger partial charge in [0, 0.05) is 18.1 Å². The summed E-state index contributed by atoms with van der Waals surface area (Å²) in [6.07, 6.45) is -3.48. The number of halogens is 3. The molecular weight excluding hydrogens is 333 g/mol. The number of benzene rings is 1. The maximum atomic E-state index is 12.7. The molecule has 3 N–H and O–H groups in total. The first-order valence-corrected chi connectivity index (χ1v) is 7.30. The van der Waals surface area contributed by atoms with E-state index in [1.165, 1.54) is 6.07 Å². The standard InChI is InChI=1S/C17H13F3N4O/c18-17(19,20)14-7-10(5-6-22-14)9-23-16(25)12-8-11-3-1-2-4-13(11)24-15(12)21/h1-8H,9H2,(H2,21,24)(H,23,25). The maximum Gasteiger partial charge on any atom is 0.433 e. The largest absolute Gasteiger partial charge is 0.433 e. The van der Waals surface area contributed by atoms with Crippen molar-refractivity contribution in [1.82, 2.24) is 15.3 Å². The van der Waals surface area contributed by atoms with Crippen molar-refractivity contribution in [2.24, 2.45) is 0 Å². The lowest BCUT2D eigenvalue weighted by atomic mass is 10.1. The molecule has 0 bridgehead atoms. The summed E-state index contributed by atoms with van der Waals surface area (Å²) < 4.78 is 38.0. The van der Waals surface area contributed by atoms with Crippen molar-refractivity contribution >= 4 is 22.6 Å². The number of fused-ring (bicyclic) bond motifs is 1. The van der Waals surface area contributed by atoms with Gasteiger partial charge < -0.3 is 11.1 Å². The number of rotatable bonds is 3. The van der Waals surface area contributed by atoms with E-state index in [0.29, 0.717) is 5.52 Å². The molecule has 2 heterocycles. The Morgan fingerprint density at radius 2 is 1.92 bits per heavy atom. The topological polar surface area (TPSA) is 80.9 Å². The summed E-state index contributed by atoms with van der Waals surface area (Å²) in [5.74, 6) is -0.456. The van der Waals surface area contributed by atoms with E-state index in [0.717, 1.165) is 17.6 Å². The summed E-state index contributed by atoms with van der Waals surface area (Å²) in [6.45, 7) is -0.0866. The maximum absolute atomic E-state index is 12.7. The Balaban J connectivity index is 1.78. The number of hydrogen-bond acceptors (Lipinski definition) is 4. The third-order valence-electron chi connectivity index (χ3n) is 3.57. The molecule has 0 radical (unpaired) electrons. The summed E-state index contributed by atoms with van der Waals surface area (Å²) in [7, 11) is 0. The Morgan fingerprint density at radius 3 is 2.68 bits per heavy atom. The minimum Gasteiger partial charge on any atom is -0.383 e. The van der Waals surface area contributed by atoms with Crippen molar-refractivity contribution < 1.29 is 18.0 Å². The summed E-state index contributed by atoms with van der Waals surface area (Å²) in [6, 6.07) is 11.0. The highest BCUT2D eigenvalue weighted by molar-refractivity contribution is 6.01. The molecule has 0 aliphatic rings. The van der Waals surface area contributed by atoms with Crippen LogP contribution in [0.1, 0.15) is 21.6 Å². The Kier molecular flexibility index (Phi) is 4.26. The number of pyridine rings is 2. The van der Waals surface area contributed by atoms with Gasteiger partial charge in [-0.3, -0.25) is 9.78 Å². The van der Waals surface area contributed by atoms with E-state index in [4.69, 9.17) is 5.73 Å². The number of para-hydroxylation sites is 1. The third kappa shape index (κ3) is 3.68. The summed E-state index contributed by atoms with van der Waals surface area (Å²) in [4.78, 5) is 19.7. The summed E-state index contributed by atoms with van der Waals surface area (Å²) in [5.41, 5.74) is 5.90. The molecule has 0 saturated carbocycles. The van der Waals surface area contributed by atoms with Crippen molar-refractivity contribution in [3.05, 3.63) is 65.5 Å². The molecule has 2 aromatic heterocycles. The molecule has 0 aliphatic heterocycles. The van der Waals surface area contributed by atoms with Crippen LogP contribution < -0.4 is 11.1 Å². The average Bonchev–Trinajstić information content (AvgIpc) is 2.58. The zero-order chi connectivity index (χ0) is 18.0. The van der Waals surface area contributed by atoms with Crippen LogP contribution in [0, 0.1) is 0 Å². The van der Waals surface area contributed by atoms with Gasteiger partial charge in [-0.25, -0.2) is 4.98 Å². The number of anilines is 1. The van der Waals surface area contributed by atoms with Gasteiger partial charge in [0.05, 0.1) is 11.1 Å². The average molecular weight is 346 g/mol. The van der Waals surface area contributed by atoms with Gasteiger partial charge in [0.15, 0.2) is 0 Å². The molecule has 25 heavy (non-hydrogen) atoms. The molecule has 128 valence electrons. The number of carbonyl (C=O) groups excluding carboxylic acids is 1. The van der Waals surface area contributed by atoms with Crippen molar-refractivity contribution in [1.29, 1.82) is 0 Å². The number of nitrogens with two attached hydrogens (primary N) is 1. The molecule has 3 rings (SSSR count). The van der Waals surface area contributed by atoms with E-state index < -0.39 is 17.8 Å². The SMILES string of the molecule is Nc1nc2ccccc2cc1C(=O)NCc1ccnc(C(F)(F)F)c1. The van der Waals surface area contributed by atoms with E-state index in [9.17, 15) is 18.0 Å². The quantitative estimate of drug-likeness (QED) is 0.763. The molecule has 0 unspecified atom stereocenters. The number of amides is 1. The highest BCUT2D eigenvalue weighted by Gasteiger charge is 2.32. The van der Waals surface area contributed by atoms with Crippen LogP contribution in [0.15, 0.2) is 48.7 Å².